The Hall–Kier alpha value is -2.41. The minimum Gasteiger partial charge on any atom is -0.375 e. The van der Waals surface area contributed by atoms with Gasteiger partial charge >= 0.3 is 5.69 Å². The molecule has 19 heavy (non-hydrogen) atoms. The van der Waals surface area contributed by atoms with Crippen molar-refractivity contribution in [1.29, 1.82) is 0 Å². The van der Waals surface area contributed by atoms with E-state index in [0.29, 0.717) is 16.0 Å². The van der Waals surface area contributed by atoms with E-state index >= 15 is 0 Å². The molecule has 3 aromatic rings. The Kier molecular flexibility index (Phi) is 2.49. The predicted octanol–water partition coefficient (Wildman–Crippen LogP) is 1.03. The van der Waals surface area contributed by atoms with Gasteiger partial charge in [0.25, 0.3) is 5.56 Å². The van der Waals surface area contributed by atoms with Crippen LogP contribution in [-0.2, 0) is 0 Å². The average Bonchev–Trinajstić information content (AvgIpc) is 2.73. The second-order valence-corrected chi connectivity index (χ2v) is 5.12. The molecule has 0 saturated carbocycles. The summed E-state index contributed by atoms with van der Waals surface area (Å²) in [6, 6.07) is 7.38. The summed E-state index contributed by atoms with van der Waals surface area (Å²) in [4.78, 5) is 30.2. The molecule has 3 N–H and O–H groups in total. The van der Waals surface area contributed by atoms with Gasteiger partial charge in [-0.05, 0) is 18.6 Å². The van der Waals surface area contributed by atoms with Gasteiger partial charge in [-0.3, -0.25) is 9.78 Å². The second kappa shape index (κ2) is 4.06. The molecule has 0 aliphatic rings. The lowest BCUT2D eigenvalue weighted by atomic mass is 10.2. The Labute approximate surface area is 111 Å². The molecule has 2 heterocycles. The first-order chi connectivity index (χ1) is 9.08. The van der Waals surface area contributed by atoms with E-state index in [2.05, 4.69) is 9.97 Å². The lowest BCUT2D eigenvalue weighted by Gasteiger charge is -2.08. The number of thiazole rings is 1. The number of benzene rings is 1. The second-order valence-electron chi connectivity index (χ2n) is 4.09. The Morgan fingerprint density at radius 2 is 2.05 bits per heavy atom. The third-order valence-corrected chi connectivity index (χ3v) is 3.70. The molecule has 0 unspecified atom stereocenters. The van der Waals surface area contributed by atoms with E-state index in [1.165, 1.54) is 4.57 Å². The molecule has 0 aliphatic carbocycles. The number of nitrogens with one attached hydrogen (secondary N) is 1. The molecule has 0 atom stereocenters. The number of rotatable bonds is 1. The molecule has 0 bridgehead atoms. The zero-order chi connectivity index (χ0) is 13.6. The van der Waals surface area contributed by atoms with Crippen LogP contribution in [0.3, 0.4) is 0 Å². The lowest BCUT2D eigenvalue weighted by Crippen LogP contribution is -2.29. The summed E-state index contributed by atoms with van der Waals surface area (Å²) in [6.45, 7) is 1.88. The lowest BCUT2D eigenvalue weighted by molar-refractivity contribution is 0.925. The molecule has 0 saturated heterocycles. The van der Waals surface area contributed by atoms with Crippen LogP contribution in [0, 0.1) is 6.92 Å². The first-order valence-corrected chi connectivity index (χ1v) is 6.37. The van der Waals surface area contributed by atoms with Gasteiger partial charge in [0.2, 0.25) is 0 Å². The van der Waals surface area contributed by atoms with Crippen molar-refractivity contribution >= 4 is 26.8 Å². The molecule has 1 aromatic carbocycles. The van der Waals surface area contributed by atoms with Gasteiger partial charge in [0.1, 0.15) is 4.70 Å². The van der Waals surface area contributed by atoms with Gasteiger partial charge in [0.05, 0.1) is 5.69 Å². The van der Waals surface area contributed by atoms with Gasteiger partial charge in [0.15, 0.2) is 10.8 Å². The van der Waals surface area contributed by atoms with Crippen molar-refractivity contribution in [2.45, 2.75) is 6.92 Å². The van der Waals surface area contributed by atoms with Crippen LogP contribution in [0.25, 0.3) is 16.0 Å². The monoisotopic (exact) mass is 274 g/mol. The first kappa shape index (κ1) is 11.7. The van der Waals surface area contributed by atoms with Crippen LogP contribution in [0.1, 0.15) is 5.56 Å². The van der Waals surface area contributed by atoms with Gasteiger partial charge < -0.3 is 5.73 Å². The maximum atomic E-state index is 12.0. The minimum atomic E-state index is -0.517. The normalized spacial score (nSPS) is 11.0. The minimum absolute atomic E-state index is 0.258. The quantitative estimate of drug-likeness (QED) is 0.693. The molecule has 0 spiro atoms. The van der Waals surface area contributed by atoms with Crippen molar-refractivity contribution < 1.29 is 0 Å². The molecule has 96 valence electrons. The van der Waals surface area contributed by atoms with Crippen LogP contribution >= 0.6 is 11.3 Å². The number of hydrogen-bond acceptors (Lipinski definition) is 5. The van der Waals surface area contributed by atoms with Crippen molar-refractivity contribution in [3.8, 4) is 5.69 Å². The van der Waals surface area contributed by atoms with E-state index in [4.69, 9.17) is 5.73 Å². The zero-order valence-electron chi connectivity index (χ0n) is 10.0. The summed E-state index contributed by atoms with van der Waals surface area (Å²) < 4.78 is 1.72. The molecule has 3 rings (SSSR count). The van der Waals surface area contributed by atoms with Gasteiger partial charge in [-0.1, -0.05) is 29.5 Å². The molecular weight excluding hydrogens is 264 g/mol. The largest absolute Gasteiger partial charge is 0.375 e. The molecule has 7 heteroatoms. The number of aromatic amines is 1. The number of nitrogens with zero attached hydrogens (tertiary/aromatic N) is 2. The predicted molar refractivity (Wildman–Crippen MR) is 75.0 cm³/mol. The van der Waals surface area contributed by atoms with Gasteiger partial charge in [-0.2, -0.15) is 0 Å². The SMILES string of the molecule is Cc1ccccc1-n1c(=O)[nH]c(=O)c2sc(N)nc21. The Morgan fingerprint density at radius 3 is 2.79 bits per heavy atom. The summed E-state index contributed by atoms with van der Waals surface area (Å²) >= 11 is 1.07. The highest BCUT2D eigenvalue weighted by Crippen LogP contribution is 2.22. The van der Waals surface area contributed by atoms with Crippen LogP contribution in [0.15, 0.2) is 33.9 Å². The molecule has 6 nitrogen and oxygen atoms in total. The van der Waals surface area contributed by atoms with Gasteiger partial charge in [-0.15, -0.1) is 0 Å². The molecular formula is C12H10N4O2S. The van der Waals surface area contributed by atoms with E-state index < -0.39 is 11.2 Å². The number of nitrogens with two attached hydrogens (primary N) is 1. The molecule has 0 aliphatic heterocycles. The van der Waals surface area contributed by atoms with Gasteiger partial charge in [0, 0.05) is 0 Å². The average molecular weight is 274 g/mol. The van der Waals surface area contributed by atoms with Crippen molar-refractivity contribution in [3.05, 3.63) is 50.7 Å². The van der Waals surface area contributed by atoms with Crippen LogP contribution in [0.2, 0.25) is 0 Å². The van der Waals surface area contributed by atoms with E-state index in [-0.39, 0.29) is 5.13 Å². The van der Waals surface area contributed by atoms with Crippen molar-refractivity contribution in [3.63, 3.8) is 0 Å². The smallest absolute Gasteiger partial charge is 0.334 e. The van der Waals surface area contributed by atoms with Crippen molar-refractivity contribution in [2.75, 3.05) is 5.73 Å². The number of hydrogen-bond donors (Lipinski definition) is 2. The zero-order valence-corrected chi connectivity index (χ0v) is 10.8. The Bertz CT molecular complexity index is 891. The van der Waals surface area contributed by atoms with E-state index in [0.717, 1.165) is 16.9 Å². The number of nitrogen functional groups attached to an aromatic ring is 1. The highest BCUT2D eigenvalue weighted by molar-refractivity contribution is 7.21. The van der Waals surface area contributed by atoms with Gasteiger partial charge in [-0.25, -0.2) is 14.3 Å². The third kappa shape index (κ3) is 1.75. The summed E-state index contributed by atoms with van der Waals surface area (Å²) in [6.07, 6.45) is 0. The maximum Gasteiger partial charge on any atom is 0.334 e. The fourth-order valence-electron chi connectivity index (χ4n) is 1.97. The van der Waals surface area contributed by atoms with Crippen molar-refractivity contribution in [2.24, 2.45) is 0 Å². The molecule has 0 radical (unpaired) electrons. The Morgan fingerprint density at radius 1 is 1.32 bits per heavy atom. The molecule has 0 fully saturated rings. The molecule has 0 amide bonds. The maximum absolute atomic E-state index is 12.0. The topological polar surface area (TPSA) is 93.8 Å². The summed E-state index contributed by atoms with van der Waals surface area (Å²) in [5, 5.41) is 0.258. The fraction of sp³-hybridized carbons (Fsp3) is 0.0833. The number of fused-ring (bicyclic) bond motifs is 1. The Balaban J connectivity index is 2.52. The van der Waals surface area contributed by atoms with Crippen LogP contribution in [0.5, 0.6) is 0 Å². The number of anilines is 1. The fourth-order valence-corrected chi connectivity index (χ4v) is 2.68. The summed E-state index contributed by atoms with van der Waals surface area (Å²) in [5.41, 5.74) is 6.54. The molecule has 2 aromatic heterocycles. The standard InChI is InChI=1S/C12H10N4O2S/c1-6-4-2-3-5-7(6)16-9-8(19-11(13)14-9)10(17)15-12(16)18/h2-5H,1H3,(H2,13,14)(H,15,17,18). The number of aromatic nitrogens is 3. The third-order valence-electron chi connectivity index (χ3n) is 2.82. The summed E-state index contributed by atoms with van der Waals surface area (Å²) in [7, 11) is 0. The highest BCUT2D eigenvalue weighted by atomic mass is 32.1. The van der Waals surface area contributed by atoms with Crippen molar-refractivity contribution in [1.82, 2.24) is 14.5 Å². The van der Waals surface area contributed by atoms with E-state index in [9.17, 15) is 9.59 Å². The van der Waals surface area contributed by atoms with E-state index in [1.54, 1.807) is 6.07 Å². The highest BCUT2D eigenvalue weighted by Gasteiger charge is 2.14. The summed E-state index contributed by atoms with van der Waals surface area (Å²) in [5.74, 6) is 0. The van der Waals surface area contributed by atoms with Crippen LogP contribution in [0.4, 0.5) is 5.13 Å². The van der Waals surface area contributed by atoms with E-state index in [1.807, 2.05) is 25.1 Å². The first-order valence-electron chi connectivity index (χ1n) is 5.55. The van der Waals surface area contributed by atoms with Crippen LogP contribution in [-0.4, -0.2) is 14.5 Å². The number of para-hydroxylation sites is 1. The number of H-pyrrole nitrogens is 1. The van der Waals surface area contributed by atoms with Crippen LogP contribution < -0.4 is 17.0 Å². The number of aryl methyl sites for hydroxylation is 1.